The quantitative estimate of drug-likeness (QED) is 0.375. The van der Waals surface area contributed by atoms with E-state index in [1.165, 1.54) is 4.90 Å². The van der Waals surface area contributed by atoms with Crippen LogP contribution in [0.1, 0.15) is 24.3 Å². The predicted octanol–water partition coefficient (Wildman–Crippen LogP) is 3.08. The molecule has 0 radical (unpaired) electrons. The fourth-order valence-electron chi connectivity index (χ4n) is 2.07. The number of thioether (sulfide) groups is 1. The molecule has 5 nitrogen and oxygen atoms in total. The minimum absolute atomic E-state index is 0.0293. The molecule has 1 heterocycles. The molecule has 1 aliphatic heterocycles. The number of azide groups is 1. The Morgan fingerprint density at radius 2 is 2.32 bits per heavy atom. The van der Waals surface area contributed by atoms with Crippen molar-refractivity contribution in [3.63, 3.8) is 0 Å². The Balaban J connectivity index is 1.77. The zero-order valence-electron chi connectivity index (χ0n) is 10.6. The summed E-state index contributed by atoms with van der Waals surface area (Å²) in [6.07, 6.45) is 1.65. The van der Waals surface area contributed by atoms with Crippen molar-refractivity contribution >= 4 is 17.7 Å². The van der Waals surface area contributed by atoms with Crippen LogP contribution in [0.4, 0.5) is 0 Å². The third kappa shape index (κ3) is 3.66. The van der Waals surface area contributed by atoms with Crippen molar-refractivity contribution in [2.75, 3.05) is 18.8 Å². The molecule has 19 heavy (non-hydrogen) atoms. The summed E-state index contributed by atoms with van der Waals surface area (Å²) in [7, 11) is 0. The van der Waals surface area contributed by atoms with Crippen LogP contribution in [-0.2, 0) is 4.79 Å². The van der Waals surface area contributed by atoms with Gasteiger partial charge in [0.15, 0.2) is 0 Å². The van der Waals surface area contributed by atoms with E-state index in [1.807, 2.05) is 18.2 Å². The average molecular weight is 276 g/mol. The van der Waals surface area contributed by atoms with Gasteiger partial charge in [0.25, 0.3) is 0 Å². The minimum Gasteiger partial charge on any atom is -0.356 e. The van der Waals surface area contributed by atoms with Crippen LogP contribution in [0, 0.1) is 0 Å². The van der Waals surface area contributed by atoms with Crippen LogP contribution in [0.15, 0.2) is 34.3 Å². The summed E-state index contributed by atoms with van der Waals surface area (Å²) >= 11 is 1.74. The van der Waals surface area contributed by atoms with E-state index in [2.05, 4.69) is 21.4 Å². The monoisotopic (exact) mass is 276 g/mol. The second-order valence-electron chi connectivity index (χ2n) is 4.35. The fourth-order valence-corrected chi connectivity index (χ4v) is 3.30. The molecule has 0 fully saturated rings. The van der Waals surface area contributed by atoms with Crippen LogP contribution in [0.3, 0.4) is 0 Å². The molecule has 1 aromatic rings. The van der Waals surface area contributed by atoms with E-state index in [4.69, 9.17) is 5.53 Å². The molecule has 1 N–H and O–H groups in total. The van der Waals surface area contributed by atoms with Gasteiger partial charge in [0, 0.05) is 28.6 Å². The number of hydrogen-bond acceptors (Lipinski definition) is 3. The highest BCUT2D eigenvalue weighted by molar-refractivity contribution is 7.99. The number of unbranched alkanes of at least 4 members (excludes halogenated alkanes) is 1. The summed E-state index contributed by atoms with van der Waals surface area (Å²) in [6, 6.07) is 8.07. The van der Waals surface area contributed by atoms with Gasteiger partial charge in [0.2, 0.25) is 5.91 Å². The molecule has 1 atom stereocenters. The summed E-state index contributed by atoms with van der Waals surface area (Å²) in [5.74, 6) is 0.892. The lowest BCUT2D eigenvalue weighted by molar-refractivity contribution is -0.122. The van der Waals surface area contributed by atoms with Gasteiger partial charge in [0.05, 0.1) is 5.92 Å². The van der Waals surface area contributed by atoms with Gasteiger partial charge < -0.3 is 5.32 Å². The molecule has 100 valence electrons. The fraction of sp³-hybridized carbons (Fsp3) is 0.462. The summed E-state index contributed by atoms with van der Waals surface area (Å²) in [6.45, 7) is 1.14. The minimum atomic E-state index is -0.0293. The molecule has 0 aromatic heterocycles. The standard InChI is InChI=1S/C13H16N4OS/c14-17-16-8-4-3-7-15-13(18)11-9-19-12-6-2-1-5-10(11)12/h1-2,5-6,11H,3-4,7-9H2,(H,15,18). The maximum atomic E-state index is 12.1. The second kappa shape index (κ2) is 7.07. The van der Waals surface area contributed by atoms with Gasteiger partial charge in [0.1, 0.15) is 0 Å². The van der Waals surface area contributed by atoms with Crippen molar-refractivity contribution in [3.8, 4) is 0 Å². The zero-order valence-corrected chi connectivity index (χ0v) is 11.4. The number of carbonyl (C=O) groups is 1. The van der Waals surface area contributed by atoms with Gasteiger partial charge >= 0.3 is 0 Å². The summed E-state index contributed by atoms with van der Waals surface area (Å²) < 4.78 is 0. The molecule has 0 saturated carbocycles. The first-order valence-corrected chi connectivity index (χ1v) is 7.32. The van der Waals surface area contributed by atoms with E-state index in [1.54, 1.807) is 11.8 Å². The first-order valence-electron chi connectivity index (χ1n) is 6.33. The average Bonchev–Trinajstić information content (AvgIpc) is 2.86. The first-order chi connectivity index (χ1) is 9.33. The Hall–Kier alpha value is -1.65. The van der Waals surface area contributed by atoms with E-state index in [0.29, 0.717) is 13.1 Å². The maximum absolute atomic E-state index is 12.1. The molecule has 0 aliphatic carbocycles. The van der Waals surface area contributed by atoms with E-state index >= 15 is 0 Å². The lowest BCUT2D eigenvalue weighted by atomic mass is 10.0. The smallest absolute Gasteiger partial charge is 0.228 e. The number of nitrogens with zero attached hydrogens (tertiary/aromatic N) is 3. The first kappa shape index (κ1) is 13.8. The van der Waals surface area contributed by atoms with E-state index < -0.39 is 0 Å². The molecule has 1 aliphatic rings. The van der Waals surface area contributed by atoms with Crippen molar-refractivity contribution in [3.05, 3.63) is 40.3 Å². The van der Waals surface area contributed by atoms with Crippen LogP contribution in [-0.4, -0.2) is 24.7 Å². The molecule has 1 unspecified atom stereocenters. The molecule has 0 saturated heterocycles. The highest BCUT2D eigenvalue weighted by Crippen LogP contribution is 2.39. The number of rotatable bonds is 6. The molecule has 2 rings (SSSR count). The van der Waals surface area contributed by atoms with Crippen molar-refractivity contribution in [2.45, 2.75) is 23.7 Å². The third-order valence-corrected chi connectivity index (χ3v) is 4.25. The van der Waals surface area contributed by atoms with Gasteiger partial charge in [-0.05, 0) is 30.0 Å². The van der Waals surface area contributed by atoms with Crippen LogP contribution in [0.5, 0.6) is 0 Å². The van der Waals surface area contributed by atoms with Gasteiger partial charge in [-0.2, -0.15) is 0 Å². The number of carbonyl (C=O) groups excluding carboxylic acids is 1. The topological polar surface area (TPSA) is 77.9 Å². The summed E-state index contributed by atoms with van der Waals surface area (Å²) in [5.41, 5.74) is 9.27. The molecule has 6 heteroatoms. The number of hydrogen-bond donors (Lipinski definition) is 1. The Morgan fingerprint density at radius 3 is 3.16 bits per heavy atom. The van der Waals surface area contributed by atoms with Crippen LogP contribution in [0.2, 0.25) is 0 Å². The molecule has 1 amide bonds. The predicted molar refractivity (Wildman–Crippen MR) is 76.2 cm³/mol. The van der Waals surface area contributed by atoms with Crippen molar-refractivity contribution in [1.29, 1.82) is 0 Å². The van der Waals surface area contributed by atoms with Gasteiger partial charge in [-0.3, -0.25) is 4.79 Å². The highest BCUT2D eigenvalue weighted by atomic mass is 32.2. The molecular formula is C13H16N4OS. The number of nitrogens with one attached hydrogen (secondary N) is 1. The lowest BCUT2D eigenvalue weighted by Crippen LogP contribution is -2.30. The van der Waals surface area contributed by atoms with Crippen LogP contribution < -0.4 is 5.32 Å². The lowest BCUT2D eigenvalue weighted by Gasteiger charge is -2.11. The Morgan fingerprint density at radius 1 is 1.47 bits per heavy atom. The normalized spacial score (nSPS) is 16.5. The van der Waals surface area contributed by atoms with E-state index in [9.17, 15) is 4.79 Å². The van der Waals surface area contributed by atoms with Gasteiger partial charge in [-0.25, -0.2) is 0 Å². The number of amides is 1. The van der Waals surface area contributed by atoms with Crippen LogP contribution >= 0.6 is 11.8 Å². The van der Waals surface area contributed by atoms with Gasteiger partial charge in [-0.15, -0.1) is 11.8 Å². The number of fused-ring (bicyclic) bond motifs is 1. The van der Waals surface area contributed by atoms with Crippen LogP contribution in [0.25, 0.3) is 10.4 Å². The van der Waals surface area contributed by atoms with Crippen molar-refractivity contribution < 1.29 is 4.79 Å². The summed E-state index contributed by atoms with van der Waals surface area (Å²) in [5, 5.41) is 6.42. The maximum Gasteiger partial charge on any atom is 0.228 e. The largest absolute Gasteiger partial charge is 0.356 e. The summed E-state index contributed by atoms with van der Waals surface area (Å²) in [4.78, 5) is 16.0. The molecular weight excluding hydrogens is 260 g/mol. The highest BCUT2D eigenvalue weighted by Gasteiger charge is 2.28. The zero-order chi connectivity index (χ0) is 13.5. The van der Waals surface area contributed by atoms with E-state index in [0.717, 1.165) is 24.2 Å². The SMILES string of the molecule is [N-]=[N+]=NCCCCNC(=O)C1CSc2ccccc21. The second-order valence-corrected chi connectivity index (χ2v) is 5.42. The van der Waals surface area contributed by atoms with E-state index in [-0.39, 0.29) is 11.8 Å². The Labute approximate surface area is 116 Å². The van der Waals surface area contributed by atoms with Crippen molar-refractivity contribution in [1.82, 2.24) is 5.32 Å². The van der Waals surface area contributed by atoms with Gasteiger partial charge in [-0.1, -0.05) is 23.3 Å². The Kier molecular flexibility index (Phi) is 5.12. The molecule has 1 aromatic carbocycles. The Bertz CT molecular complexity index is 499. The molecule has 0 bridgehead atoms. The molecule has 0 spiro atoms. The van der Waals surface area contributed by atoms with Crippen molar-refractivity contribution in [2.24, 2.45) is 5.11 Å². The third-order valence-electron chi connectivity index (χ3n) is 3.06. The number of benzene rings is 1.